The van der Waals surface area contributed by atoms with Gasteiger partial charge in [-0.1, -0.05) is 367 Å². The van der Waals surface area contributed by atoms with E-state index in [1.54, 1.807) is 0 Å². The largest absolute Gasteiger partial charge is 0.394 e. The van der Waals surface area contributed by atoms with Crippen LogP contribution in [0.15, 0.2) is 0 Å². The predicted molar refractivity (Wildman–Crippen MR) is 337 cm³/mol. The topological polar surface area (TPSA) is 149 Å². The Bertz CT molecular complexity index is 1210. The molecular formula is C70H139NO8. The maximum absolute atomic E-state index is 13.2. The number of ether oxygens (including phenoxy) is 2. The molecule has 6 N–H and O–H groups in total. The van der Waals surface area contributed by atoms with Crippen molar-refractivity contribution in [3.63, 3.8) is 0 Å². The van der Waals surface area contributed by atoms with Gasteiger partial charge in [0.15, 0.2) is 6.29 Å². The smallest absolute Gasteiger partial charge is 0.220 e. The molecule has 1 fully saturated rings. The Kier molecular flexibility index (Phi) is 58.2. The summed E-state index contributed by atoms with van der Waals surface area (Å²) in [6, 6.07) is -0.715. The molecule has 1 amide bonds. The maximum atomic E-state index is 13.2. The van der Waals surface area contributed by atoms with E-state index in [0.29, 0.717) is 12.8 Å². The van der Waals surface area contributed by atoms with Crippen LogP contribution >= 0.6 is 0 Å². The normalized spacial score (nSPS) is 18.4. The Balaban J connectivity index is 2.07. The van der Waals surface area contributed by atoms with Gasteiger partial charge in [0.2, 0.25) is 5.91 Å². The number of carbonyl (C=O) groups is 1. The predicted octanol–water partition coefficient (Wildman–Crippen LogP) is 19.3. The van der Waals surface area contributed by atoms with Crippen LogP contribution in [0.2, 0.25) is 0 Å². The lowest BCUT2D eigenvalue weighted by molar-refractivity contribution is -0.302. The van der Waals surface area contributed by atoms with Gasteiger partial charge in [-0.25, -0.2) is 0 Å². The lowest BCUT2D eigenvalue weighted by Crippen LogP contribution is -2.60. The number of aliphatic hydroxyl groups excluding tert-OH is 5. The van der Waals surface area contributed by atoms with Crippen molar-refractivity contribution >= 4 is 5.91 Å². The molecule has 472 valence electrons. The molecule has 0 aliphatic carbocycles. The molecule has 9 heteroatoms. The van der Waals surface area contributed by atoms with E-state index in [1.807, 2.05) is 0 Å². The lowest BCUT2D eigenvalue weighted by Gasteiger charge is -2.40. The zero-order chi connectivity index (χ0) is 57.2. The van der Waals surface area contributed by atoms with Crippen LogP contribution in [0.3, 0.4) is 0 Å². The van der Waals surface area contributed by atoms with Crippen LogP contribution in [-0.2, 0) is 14.3 Å². The maximum Gasteiger partial charge on any atom is 0.220 e. The monoisotopic (exact) mass is 1120 g/mol. The van der Waals surface area contributed by atoms with Crippen LogP contribution in [0.25, 0.3) is 0 Å². The van der Waals surface area contributed by atoms with Crippen molar-refractivity contribution in [3.05, 3.63) is 0 Å². The summed E-state index contributed by atoms with van der Waals surface area (Å²) >= 11 is 0. The van der Waals surface area contributed by atoms with Gasteiger partial charge in [-0.15, -0.1) is 0 Å². The molecule has 0 radical (unpaired) electrons. The first-order valence-corrected chi connectivity index (χ1v) is 35.7. The SMILES string of the molecule is CCCCCCCCCCCCCCCCCCCCCCCCCCCCCCCCCCCC(=O)NC(COC1OC(CO)C(O)C(O)C1O)C(O)CCCCCCCCCCCCCCCCCCCCCCCCC. The Morgan fingerprint density at radius 3 is 0.899 bits per heavy atom. The molecule has 1 aliphatic rings. The van der Waals surface area contributed by atoms with Gasteiger partial charge in [0.1, 0.15) is 24.4 Å². The van der Waals surface area contributed by atoms with Gasteiger partial charge in [-0.3, -0.25) is 4.79 Å². The molecule has 0 aromatic heterocycles. The van der Waals surface area contributed by atoms with Crippen LogP contribution in [0.4, 0.5) is 0 Å². The van der Waals surface area contributed by atoms with E-state index in [9.17, 15) is 30.3 Å². The van der Waals surface area contributed by atoms with Crippen LogP contribution in [-0.4, -0.2) is 87.5 Å². The highest BCUT2D eigenvalue weighted by molar-refractivity contribution is 5.76. The molecule has 0 aromatic carbocycles. The number of rotatable bonds is 64. The number of nitrogens with one attached hydrogen (secondary N) is 1. The number of aliphatic hydroxyl groups is 5. The standard InChI is InChI=1S/C70H139NO8/c1-3-5-7-9-11-13-15-17-19-21-23-25-27-28-29-30-31-32-33-34-35-36-38-40-42-44-46-48-50-52-54-56-58-60-66(74)71-63(62-78-70-69(77)68(76)67(75)65(61-72)79-70)64(73)59-57-55-53-51-49-47-45-43-41-39-37-26-24-22-20-18-16-14-12-10-8-6-4-2/h63-65,67-70,72-73,75-77H,3-62H2,1-2H3,(H,71,74). The third kappa shape index (κ3) is 49.2. The summed E-state index contributed by atoms with van der Waals surface area (Å²) in [7, 11) is 0. The van der Waals surface area contributed by atoms with E-state index < -0.39 is 49.5 Å². The van der Waals surface area contributed by atoms with Crippen LogP contribution in [0, 0.1) is 0 Å². The molecule has 9 nitrogen and oxygen atoms in total. The van der Waals surface area contributed by atoms with E-state index in [-0.39, 0.29) is 12.5 Å². The second-order valence-corrected chi connectivity index (χ2v) is 25.4. The van der Waals surface area contributed by atoms with Gasteiger partial charge < -0.3 is 40.3 Å². The van der Waals surface area contributed by atoms with Crippen molar-refractivity contribution in [1.82, 2.24) is 5.32 Å². The van der Waals surface area contributed by atoms with Crippen molar-refractivity contribution in [1.29, 1.82) is 0 Å². The molecule has 7 atom stereocenters. The third-order valence-corrected chi connectivity index (χ3v) is 17.7. The minimum atomic E-state index is -1.55. The molecule has 1 rings (SSSR count). The highest BCUT2D eigenvalue weighted by Crippen LogP contribution is 2.24. The van der Waals surface area contributed by atoms with Crippen LogP contribution < -0.4 is 5.32 Å². The number of amides is 1. The molecular weight excluding hydrogens is 983 g/mol. The molecule has 1 heterocycles. The van der Waals surface area contributed by atoms with Crippen molar-refractivity contribution < 1.29 is 39.8 Å². The molecule has 0 aromatic rings. The van der Waals surface area contributed by atoms with Crippen LogP contribution in [0.5, 0.6) is 0 Å². The van der Waals surface area contributed by atoms with Crippen molar-refractivity contribution in [2.24, 2.45) is 0 Å². The molecule has 0 spiro atoms. The van der Waals surface area contributed by atoms with Crippen molar-refractivity contribution in [2.45, 2.75) is 429 Å². The highest BCUT2D eigenvalue weighted by Gasteiger charge is 2.44. The number of carbonyl (C=O) groups excluding carboxylic acids is 1. The molecule has 79 heavy (non-hydrogen) atoms. The molecule has 7 unspecified atom stereocenters. The van der Waals surface area contributed by atoms with Gasteiger partial charge in [0, 0.05) is 6.42 Å². The fourth-order valence-corrected chi connectivity index (χ4v) is 12.1. The number of hydrogen-bond acceptors (Lipinski definition) is 8. The lowest BCUT2D eigenvalue weighted by atomic mass is 9.99. The fraction of sp³-hybridized carbons (Fsp3) is 0.986. The van der Waals surface area contributed by atoms with E-state index >= 15 is 0 Å². The van der Waals surface area contributed by atoms with Gasteiger partial charge >= 0.3 is 0 Å². The second-order valence-electron chi connectivity index (χ2n) is 25.4. The van der Waals surface area contributed by atoms with Gasteiger partial charge in [0.05, 0.1) is 25.4 Å². The minimum absolute atomic E-state index is 0.130. The van der Waals surface area contributed by atoms with E-state index in [1.165, 1.54) is 321 Å². The number of hydrogen-bond donors (Lipinski definition) is 6. The zero-order valence-corrected chi connectivity index (χ0v) is 52.9. The Morgan fingerprint density at radius 2 is 0.633 bits per heavy atom. The summed E-state index contributed by atoms with van der Waals surface area (Å²) in [5.74, 6) is -0.133. The first kappa shape index (κ1) is 76.2. The highest BCUT2D eigenvalue weighted by atomic mass is 16.7. The summed E-state index contributed by atoms with van der Waals surface area (Å²) in [4.78, 5) is 13.2. The number of unbranched alkanes of at least 4 members (excludes halogenated alkanes) is 54. The third-order valence-electron chi connectivity index (χ3n) is 17.7. The Morgan fingerprint density at radius 1 is 0.380 bits per heavy atom. The van der Waals surface area contributed by atoms with Crippen molar-refractivity contribution in [2.75, 3.05) is 13.2 Å². The van der Waals surface area contributed by atoms with E-state index in [4.69, 9.17) is 9.47 Å². The molecule has 1 saturated heterocycles. The average Bonchev–Trinajstić information content (AvgIpc) is 3.47. The van der Waals surface area contributed by atoms with Crippen molar-refractivity contribution in [3.8, 4) is 0 Å². The molecule has 0 saturated carbocycles. The Labute approximate surface area is 491 Å². The fourth-order valence-electron chi connectivity index (χ4n) is 12.1. The van der Waals surface area contributed by atoms with Gasteiger partial charge in [-0.2, -0.15) is 0 Å². The second kappa shape index (κ2) is 60.3. The van der Waals surface area contributed by atoms with E-state index in [2.05, 4.69) is 19.2 Å². The summed E-state index contributed by atoms with van der Waals surface area (Å²) in [6.45, 7) is 3.91. The summed E-state index contributed by atoms with van der Waals surface area (Å²) < 4.78 is 11.4. The molecule has 1 aliphatic heterocycles. The van der Waals surface area contributed by atoms with Crippen LogP contribution in [0.1, 0.15) is 386 Å². The van der Waals surface area contributed by atoms with Gasteiger partial charge in [-0.05, 0) is 12.8 Å². The molecule has 0 bridgehead atoms. The van der Waals surface area contributed by atoms with Gasteiger partial charge in [0.25, 0.3) is 0 Å². The summed E-state index contributed by atoms with van der Waals surface area (Å²) in [5.41, 5.74) is 0. The zero-order valence-electron chi connectivity index (χ0n) is 52.9. The van der Waals surface area contributed by atoms with E-state index in [0.717, 1.165) is 38.5 Å². The first-order chi connectivity index (χ1) is 38.8. The minimum Gasteiger partial charge on any atom is -0.394 e. The Hall–Kier alpha value is -0.810. The summed E-state index contributed by atoms with van der Waals surface area (Å²) in [6.07, 6.45) is 69.0. The average molecular weight is 1120 g/mol. The first-order valence-electron chi connectivity index (χ1n) is 35.7. The quantitative estimate of drug-likeness (QED) is 0.0330. The summed E-state index contributed by atoms with van der Waals surface area (Å²) in [5, 5.41) is 54.9.